The van der Waals surface area contributed by atoms with E-state index in [4.69, 9.17) is 0 Å². The van der Waals surface area contributed by atoms with E-state index in [0.717, 1.165) is 24.3 Å². The molecule has 27 heavy (non-hydrogen) atoms. The summed E-state index contributed by atoms with van der Waals surface area (Å²) in [5, 5.41) is 5.28. The molecule has 1 aromatic heterocycles. The second kappa shape index (κ2) is 7.40. The summed E-state index contributed by atoms with van der Waals surface area (Å²) in [4.78, 5) is 20.2. The summed E-state index contributed by atoms with van der Waals surface area (Å²) in [6.45, 7) is 0. The first-order chi connectivity index (χ1) is 12.8. The van der Waals surface area contributed by atoms with Crippen LogP contribution in [0.15, 0.2) is 60.8 Å². The summed E-state index contributed by atoms with van der Waals surface area (Å²) < 4.78 is 50.6. The molecular weight excluding hydrogens is 364 g/mol. The summed E-state index contributed by atoms with van der Waals surface area (Å²) in [6.07, 6.45) is -3.10. The quantitative estimate of drug-likeness (QED) is 0.652. The van der Waals surface area contributed by atoms with Gasteiger partial charge in [-0.25, -0.2) is 14.4 Å². The van der Waals surface area contributed by atoms with E-state index in [2.05, 4.69) is 20.6 Å². The van der Waals surface area contributed by atoms with Crippen molar-refractivity contribution in [3.63, 3.8) is 0 Å². The van der Waals surface area contributed by atoms with Gasteiger partial charge < -0.3 is 10.6 Å². The first-order valence-corrected chi connectivity index (χ1v) is 7.65. The lowest BCUT2D eigenvalue weighted by Crippen LogP contribution is -2.15. The maximum Gasteiger partial charge on any atom is 0.416 e. The highest BCUT2D eigenvalue weighted by Crippen LogP contribution is 2.29. The van der Waals surface area contributed by atoms with Gasteiger partial charge in [-0.2, -0.15) is 13.2 Å². The monoisotopic (exact) mass is 376 g/mol. The minimum atomic E-state index is -4.45. The minimum Gasteiger partial charge on any atom is -0.324 e. The first-order valence-electron chi connectivity index (χ1n) is 7.65. The number of carbonyl (C=O) groups is 1. The number of amides is 1. The van der Waals surface area contributed by atoms with E-state index in [1.54, 1.807) is 0 Å². The SMILES string of the molecule is O=C(Nc1ccc(C(F)(F)F)cc1)c1ccnc(Nc2ccc(F)cc2)n1. The highest BCUT2D eigenvalue weighted by molar-refractivity contribution is 6.03. The van der Waals surface area contributed by atoms with Crippen LogP contribution in [-0.4, -0.2) is 15.9 Å². The molecular formula is C18H12F4N4O. The van der Waals surface area contributed by atoms with E-state index in [1.165, 1.54) is 36.5 Å². The molecule has 9 heteroatoms. The number of carbonyl (C=O) groups excluding carboxylic acids is 1. The van der Waals surface area contributed by atoms with Crippen LogP contribution >= 0.6 is 0 Å². The van der Waals surface area contributed by atoms with Crippen LogP contribution in [0.2, 0.25) is 0 Å². The smallest absolute Gasteiger partial charge is 0.324 e. The zero-order valence-electron chi connectivity index (χ0n) is 13.6. The number of hydrogen-bond donors (Lipinski definition) is 2. The summed E-state index contributed by atoms with van der Waals surface area (Å²) in [5.74, 6) is -0.896. The molecule has 138 valence electrons. The molecule has 5 nitrogen and oxygen atoms in total. The van der Waals surface area contributed by atoms with Gasteiger partial charge in [0.05, 0.1) is 5.56 Å². The lowest BCUT2D eigenvalue weighted by molar-refractivity contribution is -0.137. The normalized spacial score (nSPS) is 11.1. The van der Waals surface area contributed by atoms with E-state index in [9.17, 15) is 22.4 Å². The predicted octanol–water partition coefficient (Wildman–Crippen LogP) is 4.63. The number of nitrogens with zero attached hydrogens (tertiary/aromatic N) is 2. The van der Waals surface area contributed by atoms with Gasteiger partial charge in [-0.15, -0.1) is 0 Å². The van der Waals surface area contributed by atoms with Crippen molar-refractivity contribution in [1.82, 2.24) is 9.97 Å². The third-order valence-electron chi connectivity index (χ3n) is 3.46. The average Bonchev–Trinajstić information content (AvgIpc) is 2.63. The molecule has 0 aliphatic heterocycles. The number of aromatic nitrogens is 2. The molecule has 1 heterocycles. The maximum absolute atomic E-state index is 12.9. The van der Waals surface area contributed by atoms with Crippen molar-refractivity contribution in [2.75, 3.05) is 10.6 Å². The minimum absolute atomic E-state index is 0.00881. The highest BCUT2D eigenvalue weighted by atomic mass is 19.4. The van der Waals surface area contributed by atoms with Crippen molar-refractivity contribution < 1.29 is 22.4 Å². The third kappa shape index (κ3) is 4.78. The van der Waals surface area contributed by atoms with Crippen LogP contribution in [0, 0.1) is 5.82 Å². The third-order valence-corrected chi connectivity index (χ3v) is 3.46. The van der Waals surface area contributed by atoms with Crippen LogP contribution < -0.4 is 10.6 Å². The number of alkyl halides is 3. The second-order valence-corrected chi connectivity index (χ2v) is 5.43. The molecule has 2 aromatic carbocycles. The summed E-state index contributed by atoms with van der Waals surface area (Å²) in [5.41, 5.74) is -0.0841. The molecule has 3 rings (SSSR count). The van der Waals surface area contributed by atoms with Gasteiger partial charge in [-0.05, 0) is 54.6 Å². The Labute approximate surface area is 151 Å². The Bertz CT molecular complexity index is 941. The molecule has 0 fully saturated rings. The molecule has 0 aliphatic carbocycles. The molecule has 0 unspecified atom stereocenters. The lowest BCUT2D eigenvalue weighted by Gasteiger charge is -2.09. The Hall–Kier alpha value is -3.49. The van der Waals surface area contributed by atoms with Crippen LogP contribution in [0.25, 0.3) is 0 Å². The van der Waals surface area contributed by atoms with Crippen molar-refractivity contribution in [2.24, 2.45) is 0 Å². The van der Waals surface area contributed by atoms with Crippen LogP contribution in [0.4, 0.5) is 34.9 Å². The second-order valence-electron chi connectivity index (χ2n) is 5.43. The Morgan fingerprint density at radius 3 is 2.15 bits per heavy atom. The Kier molecular flexibility index (Phi) is 5.02. The number of benzene rings is 2. The fourth-order valence-electron chi connectivity index (χ4n) is 2.15. The van der Waals surface area contributed by atoms with Gasteiger partial charge in [-0.3, -0.25) is 4.79 Å². The Morgan fingerprint density at radius 1 is 0.889 bits per heavy atom. The molecule has 0 spiro atoms. The zero-order valence-corrected chi connectivity index (χ0v) is 13.6. The summed E-state index contributed by atoms with van der Waals surface area (Å²) in [7, 11) is 0. The van der Waals surface area contributed by atoms with E-state index in [-0.39, 0.29) is 17.3 Å². The van der Waals surface area contributed by atoms with Crippen molar-refractivity contribution in [2.45, 2.75) is 6.18 Å². The lowest BCUT2D eigenvalue weighted by atomic mass is 10.2. The van der Waals surface area contributed by atoms with Crippen molar-refractivity contribution in [3.8, 4) is 0 Å². The van der Waals surface area contributed by atoms with Gasteiger partial charge in [0, 0.05) is 17.6 Å². The van der Waals surface area contributed by atoms with Gasteiger partial charge in [0.1, 0.15) is 11.5 Å². The number of nitrogens with one attached hydrogen (secondary N) is 2. The fraction of sp³-hybridized carbons (Fsp3) is 0.0556. The van der Waals surface area contributed by atoms with Crippen molar-refractivity contribution in [1.29, 1.82) is 0 Å². The number of halogens is 4. The topological polar surface area (TPSA) is 66.9 Å². The molecule has 0 radical (unpaired) electrons. The van der Waals surface area contributed by atoms with Crippen LogP contribution in [-0.2, 0) is 6.18 Å². The van der Waals surface area contributed by atoms with Crippen LogP contribution in [0.3, 0.4) is 0 Å². The molecule has 0 saturated carbocycles. The van der Waals surface area contributed by atoms with E-state index >= 15 is 0 Å². The summed E-state index contributed by atoms with van der Waals surface area (Å²) >= 11 is 0. The molecule has 0 aliphatic rings. The van der Waals surface area contributed by atoms with Crippen LogP contribution in [0.5, 0.6) is 0 Å². The molecule has 2 N–H and O–H groups in total. The number of rotatable bonds is 4. The van der Waals surface area contributed by atoms with Crippen molar-refractivity contribution in [3.05, 3.63) is 77.9 Å². The van der Waals surface area contributed by atoms with E-state index in [1.807, 2.05) is 0 Å². The zero-order chi connectivity index (χ0) is 19.4. The molecule has 0 bridgehead atoms. The molecule has 3 aromatic rings. The van der Waals surface area contributed by atoms with Gasteiger partial charge >= 0.3 is 6.18 Å². The van der Waals surface area contributed by atoms with Gasteiger partial charge in [0.15, 0.2) is 0 Å². The van der Waals surface area contributed by atoms with E-state index in [0.29, 0.717) is 5.69 Å². The standard InChI is InChI=1S/C18H12F4N4O/c19-12-3-7-14(8-4-12)25-17-23-10-9-15(26-17)16(27)24-13-5-1-11(2-6-13)18(20,21)22/h1-10H,(H,24,27)(H,23,25,26). The predicted molar refractivity (Wildman–Crippen MR) is 91.1 cm³/mol. The molecule has 0 saturated heterocycles. The van der Waals surface area contributed by atoms with Gasteiger partial charge in [0.2, 0.25) is 5.95 Å². The molecule has 0 atom stereocenters. The van der Waals surface area contributed by atoms with Crippen LogP contribution in [0.1, 0.15) is 16.1 Å². The Balaban J connectivity index is 1.70. The highest BCUT2D eigenvalue weighted by Gasteiger charge is 2.30. The van der Waals surface area contributed by atoms with Crippen molar-refractivity contribution >= 4 is 23.2 Å². The summed E-state index contributed by atoms with van der Waals surface area (Å²) in [6, 6.07) is 10.9. The maximum atomic E-state index is 12.9. The largest absolute Gasteiger partial charge is 0.416 e. The van der Waals surface area contributed by atoms with Gasteiger partial charge in [-0.1, -0.05) is 0 Å². The number of hydrogen-bond acceptors (Lipinski definition) is 4. The fourth-order valence-corrected chi connectivity index (χ4v) is 2.15. The average molecular weight is 376 g/mol. The number of anilines is 3. The first kappa shape index (κ1) is 18.3. The van der Waals surface area contributed by atoms with E-state index < -0.39 is 23.5 Å². The molecule has 1 amide bonds. The Morgan fingerprint density at radius 2 is 1.52 bits per heavy atom. The van der Waals surface area contributed by atoms with Gasteiger partial charge in [0.25, 0.3) is 5.91 Å².